The average Bonchev–Trinajstić information content (AvgIpc) is 2.68. The lowest BCUT2D eigenvalue weighted by atomic mass is 10.1. The first kappa shape index (κ1) is 18.5. The maximum absolute atomic E-state index is 13.1. The molecular weight excluding hydrogens is 426 g/mol. The van der Waals surface area contributed by atoms with Gasteiger partial charge in [0.1, 0.15) is 13.2 Å². The van der Waals surface area contributed by atoms with E-state index in [0.717, 1.165) is 0 Å². The Labute approximate surface area is 169 Å². The van der Waals surface area contributed by atoms with Crippen LogP contribution >= 0.6 is 15.9 Å². The van der Waals surface area contributed by atoms with E-state index in [2.05, 4.69) is 26.3 Å². The summed E-state index contributed by atoms with van der Waals surface area (Å²) in [5, 5.41) is 8.16. The number of nitrogens with zero attached hydrogens (tertiary/aromatic N) is 2. The van der Waals surface area contributed by atoms with Crippen molar-refractivity contribution in [1.82, 2.24) is 9.78 Å². The molecule has 0 saturated carbocycles. The van der Waals surface area contributed by atoms with Crippen LogP contribution in [-0.4, -0.2) is 28.9 Å². The monoisotopic (exact) mass is 443 g/mol. The standard InChI is InChI=1S/C20H18BrN3O4/c1-11(2)24-20(26)13-6-4-3-5-12(13)18(23-24)19(25)22-15-10-17-16(9-14(15)21)27-7-8-28-17/h3-6,9-11H,7-8H2,1-2H3,(H,22,25). The van der Waals surface area contributed by atoms with E-state index < -0.39 is 5.91 Å². The van der Waals surface area contributed by atoms with Crippen molar-refractivity contribution in [2.75, 3.05) is 18.5 Å². The molecule has 1 aliphatic rings. The number of nitrogens with one attached hydrogen (secondary N) is 1. The lowest BCUT2D eigenvalue weighted by molar-refractivity contribution is 0.102. The van der Waals surface area contributed by atoms with Crippen LogP contribution in [0.4, 0.5) is 5.69 Å². The number of halogens is 1. The first-order chi connectivity index (χ1) is 13.5. The highest BCUT2D eigenvalue weighted by atomic mass is 79.9. The van der Waals surface area contributed by atoms with E-state index in [1.54, 1.807) is 36.4 Å². The molecular formula is C20H18BrN3O4. The van der Waals surface area contributed by atoms with Gasteiger partial charge in [-0.2, -0.15) is 5.10 Å². The van der Waals surface area contributed by atoms with Crippen LogP contribution in [0.5, 0.6) is 11.5 Å². The predicted octanol–water partition coefficient (Wildman–Crippen LogP) is 3.76. The highest BCUT2D eigenvalue weighted by Gasteiger charge is 2.20. The fourth-order valence-electron chi connectivity index (χ4n) is 3.07. The molecule has 2 aromatic carbocycles. The van der Waals surface area contributed by atoms with E-state index in [9.17, 15) is 9.59 Å². The van der Waals surface area contributed by atoms with E-state index in [1.165, 1.54) is 4.68 Å². The highest BCUT2D eigenvalue weighted by molar-refractivity contribution is 9.10. The van der Waals surface area contributed by atoms with Crippen molar-refractivity contribution in [3.8, 4) is 11.5 Å². The smallest absolute Gasteiger partial charge is 0.276 e. The van der Waals surface area contributed by atoms with Gasteiger partial charge in [-0.1, -0.05) is 18.2 Å². The second kappa shape index (κ2) is 7.27. The number of hydrogen-bond donors (Lipinski definition) is 1. The number of aromatic nitrogens is 2. The summed E-state index contributed by atoms with van der Waals surface area (Å²) in [6.07, 6.45) is 0. The maximum atomic E-state index is 13.1. The third-order valence-electron chi connectivity index (χ3n) is 4.41. The zero-order valence-corrected chi connectivity index (χ0v) is 16.9. The normalized spacial score (nSPS) is 13.0. The summed E-state index contributed by atoms with van der Waals surface area (Å²) < 4.78 is 13.1. The number of amides is 1. The third-order valence-corrected chi connectivity index (χ3v) is 5.07. The summed E-state index contributed by atoms with van der Waals surface area (Å²) in [7, 11) is 0. The van der Waals surface area contributed by atoms with Crippen molar-refractivity contribution >= 4 is 38.3 Å². The number of ether oxygens (including phenoxy) is 2. The summed E-state index contributed by atoms with van der Waals surface area (Å²) in [6, 6.07) is 10.3. The molecule has 0 saturated heterocycles. The minimum atomic E-state index is -0.414. The highest BCUT2D eigenvalue weighted by Crippen LogP contribution is 2.38. The van der Waals surface area contributed by atoms with Crippen molar-refractivity contribution in [3.63, 3.8) is 0 Å². The molecule has 1 aromatic heterocycles. The Morgan fingerprint density at radius 2 is 1.79 bits per heavy atom. The average molecular weight is 444 g/mol. The Bertz CT molecular complexity index is 1140. The summed E-state index contributed by atoms with van der Waals surface area (Å²) in [5.41, 5.74) is 0.496. The van der Waals surface area contributed by atoms with Crippen LogP contribution < -0.4 is 20.3 Å². The van der Waals surface area contributed by atoms with Crippen molar-refractivity contribution in [2.24, 2.45) is 0 Å². The third kappa shape index (κ3) is 3.24. The Morgan fingerprint density at radius 1 is 1.14 bits per heavy atom. The molecule has 28 heavy (non-hydrogen) atoms. The number of fused-ring (bicyclic) bond motifs is 2. The Balaban J connectivity index is 1.78. The minimum Gasteiger partial charge on any atom is -0.486 e. The van der Waals surface area contributed by atoms with E-state index >= 15 is 0 Å². The predicted molar refractivity (Wildman–Crippen MR) is 109 cm³/mol. The molecule has 0 radical (unpaired) electrons. The molecule has 0 atom stereocenters. The van der Waals surface area contributed by atoms with Crippen LogP contribution in [-0.2, 0) is 0 Å². The molecule has 7 nitrogen and oxygen atoms in total. The molecule has 0 aliphatic carbocycles. The number of hydrogen-bond acceptors (Lipinski definition) is 5. The van der Waals surface area contributed by atoms with E-state index in [4.69, 9.17) is 9.47 Å². The summed E-state index contributed by atoms with van der Waals surface area (Å²) in [6.45, 7) is 4.63. The largest absolute Gasteiger partial charge is 0.486 e. The van der Waals surface area contributed by atoms with Crippen molar-refractivity contribution in [3.05, 3.63) is 56.9 Å². The molecule has 8 heteroatoms. The fraction of sp³-hybridized carbons (Fsp3) is 0.250. The lowest BCUT2D eigenvalue weighted by Gasteiger charge is -2.20. The van der Waals surface area contributed by atoms with Crippen LogP contribution in [0.3, 0.4) is 0 Å². The fourth-order valence-corrected chi connectivity index (χ4v) is 3.49. The van der Waals surface area contributed by atoms with Gasteiger partial charge in [-0.3, -0.25) is 9.59 Å². The first-order valence-corrected chi connectivity index (χ1v) is 9.67. The number of benzene rings is 2. The molecule has 1 aliphatic heterocycles. The first-order valence-electron chi connectivity index (χ1n) is 8.87. The molecule has 4 rings (SSSR count). The number of carbonyl (C=O) groups is 1. The Morgan fingerprint density at radius 3 is 2.46 bits per heavy atom. The second-order valence-electron chi connectivity index (χ2n) is 6.67. The molecule has 1 amide bonds. The molecule has 1 N–H and O–H groups in total. The number of anilines is 1. The van der Waals surface area contributed by atoms with Crippen LogP contribution in [0.25, 0.3) is 10.8 Å². The minimum absolute atomic E-state index is 0.176. The van der Waals surface area contributed by atoms with Crippen LogP contribution in [0.2, 0.25) is 0 Å². The Kier molecular flexibility index (Phi) is 4.80. The number of rotatable bonds is 3. The molecule has 3 aromatic rings. The van der Waals surface area contributed by atoms with Gasteiger partial charge in [0.25, 0.3) is 11.5 Å². The maximum Gasteiger partial charge on any atom is 0.276 e. The molecule has 0 unspecified atom stereocenters. The molecule has 144 valence electrons. The van der Waals surface area contributed by atoms with Gasteiger partial charge in [0.05, 0.1) is 17.1 Å². The van der Waals surface area contributed by atoms with Gasteiger partial charge < -0.3 is 14.8 Å². The molecule has 0 fully saturated rings. The lowest BCUT2D eigenvalue weighted by Crippen LogP contribution is -2.29. The summed E-state index contributed by atoms with van der Waals surface area (Å²) >= 11 is 3.45. The molecule has 0 spiro atoms. The van der Waals surface area contributed by atoms with Crippen LogP contribution in [0.1, 0.15) is 30.4 Å². The van der Waals surface area contributed by atoms with Crippen molar-refractivity contribution in [1.29, 1.82) is 0 Å². The second-order valence-corrected chi connectivity index (χ2v) is 7.52. The van der Waals surface area contributed by atoms with E-state index in [0.29, 0.717) is 45.6 Å². The Hall–Kier alpha value is -2.87. The van der Waals surface area contributed by atoms with Crippen LogP contribution in [0.15, 0.2) is 45.7 Å². The van der Waals surface area contributed by atoms with Gasteiger partial charge in [0.2, 0.25) is 0 Å². The van der Waals surface area contributed by atoms with Crippen molar-refractivity contribution in [2.45, 2.75) is 19.9 Å². The van der Waals surface area contributed by atoms with E-state index in [-0.39, 0.29) is 17.3 Å². The molecule has 0 bridgehead atoms. The SMILES string of the molecule is CC(C)n1nc(C(=O)Nc2cc3c(cc2Br)OCCO3)c2ccccc2c1=O. The van der Waals surface area contributed by atoms with Gasteiger partial charge >= 0.3 is 0 Å². The summed E-state index contributed by atoms with van der Waals surface area (Å²) in [5.74, 6) is 0.769. The van der Waals surface area contributed by atoms with Gasteiger partial charge in [-0.05, 0) is 35.8 Å². The summed E-state index contributed by atoms with van der Waals surface area (Å²) in [4.78, 5) is 25.7. The zero-order valence-electron chi connectivity index (χ0n) is 15.4. The quantitative estimate of drug-likeness (QED) is 0.665. The van der Waals surface area contributed by atoms with Crippen LogP contribution in [0, 0.1) is 0 Å². The van der Waals surface area contributed by atoms with Gasteiger partial charge in [0, 0.05) is 22.0 Å². The molecule has 2 heterocycles. The van der Waals surface area contributed by atoms with Crippen molar-refractivity contribution < 1.29 is 14.3 Å². The van der Waals surface area contributed by atoms with Gasteiger partial charge in [-0.25, -0.2) is 4.68 Å². The zero-order chi connectivity index (χ0) is 19.8. The topological polar surface area (TPSA) is 82.5 Å². The van der Waals surface area contributed by atoms with E-state index in [1.807, 2.05) is 13.8 Å². The number of carbonyl (C=O) groups excluding carboxylic acids is 1. The van der Waals surface area contributed by atoms with Gasteiger partial charge in [0.15, 0.2) is 17.2 Å². The van der Waals surface area contributed by atoms with Gasteiger partial charge in [-0.15, -0.1) is 0 Å².